The average Bonchev–Trinajstić information content (AvgIpc) is 3.24. The summed E-state index contributed by atoms with van der Waals surface area (Å²) in [5, 5.41) is 4.65. The highest BCUT2D eigenvalue weighted by molar-refractivity contribution is 5.72. The second-order valence-corrected chi connectivity index (χ2v) is 7.38. The fourth-order valence-corrected chi connectivity index (χ4v) is 3.49. The first-order valence-electron chi connectivity index (χ1n) is 10.1. The topological polar surface area (TPSA) is 39.4 Å². The van der Waals surface area contributed by atoms with Gasteiger partial charge >= 0.3 is 0 Å². The highest BCUT2D eigenvalue weighted by atomic mass is 16.5. The van der Waals surface area contributed by atoms with Crippen LogP contribution in [0.2, 0.25) is 0 Å². The number of fused-ring (bicyclic) bond motifs is 1. The Kier molecular flexibility index (Phi) is 4.81. The summed E-state index contributed by atoms with van der Waals surface area (Å²) in [6.45, 7) is 5.93. The zero-order valence-corrected chi connectivity index (χ0v) is 17.2. The van der Waals surface area contributed by atoms with E-state index in [-0.39, 0.29) is 0 Å². The molecule has 31 heavy (non-hydrogen) atoms. The van der Waals surface area contributed by atoms with Crippen LogP contribution in [0.4, 0.5) is 0 Å². The van der Waals surface area contributed by atoms with Crippen molar-refractivity contribution in [1.82, 2.24) is 14.6 Å². The second kappa shape index (κ2) is 7.92. The molecular weight excluding hydrogens is 382 g/mol. The predicted octanol–water partition coefficient (Wildman–Crippen LogP) is 6.81. The minimum atomic E-state index is 0.784. The number of hydrogen-bond acceptors (Lipinski definition) is 3. The van der Waals surface area contributed by atoms with E-state index >= 15 is 0 Å². The van der Waals surface area contributed by atoms with Crippen molar-refractivity contribution in [3.05, 3.63) is 109 Å². The molecule has 0 aliphatic rings. The van der Waals surface area contributed by atoms with Gasteiger partial charge in [-0.05, 0) is 55.5 Å². The summed E-state index contributed by atoms with van der Waals surface area (Å²) in [5.41, 5.74) is 6.76. The van der Waals surface area contributed by atoms with E-state index in [1.54, 1.807) is 6.08 Å². The molecule has 0 amide bonds. The third-order valence-corrected chi connectivity index (χ3v) is 5.13. The van der Waals surface area contributed by atoms with Crippen LogP contribution in [0.5, 0.6) is 11.5 Å². The minimum Gasteiger partial charge on any atom is -0.457 e. The maximum atomic E-state index is 5.93. The molecule has 0 saturated carbocycles. The molecule has 5 aromatic rings. The first-order valence-corrected chi connectivity index (χ1v) is 10.1. The predicted molar refractivity (Wildman–Crippen MR) is 125 cm³/mol. The zero-order valence-electron chi connectivity index (χ0n) is 17.2. The van der Waals surface area contributed by atoms with Crippen molar-refractivity contribution in [2.45, 2.75) is 6.92 Å². The molecule has 150 valence electrons. The Morgan fingerprint density at radius 2 is 1.48 bits per heavy atom. The van der Waals surface area contributed by atoms with Crippen LogP contribution in [-0.2, 0) is 0 Å². The highest BCUT2D eigenvalue weighted by Crippen LogP contribution is 2.29. The first-order chi connectivity index (χ1) is 15.2. The molecule has 4 heteroatoms. The van der Waals surface area contributed by atoms with E-state index in [0.29, 0.717) is 0 Å². The molecule has 0 aliphatic heterocycles. The standard InChI is InChI=1S/C27H21N3O/c1-3-22-17-27-28-25(20-11-9-19(2)10-12-20)18-26(30(27)29-22)21-13-15-24(16-14-21)31-23-7-5-4-6-8-23/h3-18H,1H2,2H3. The number of rotatable bonds is 5. The Morgan fingerprint density at radius 3 is 2.19 bits per heavy atom. The number of aromatic nitrogens is 3. The number of nitrogens with zero attached hydrogens (tertiary/aromatic N) is 3. The molecule has 0 spiro atoms. The van der Waals surface area contributed by atoms with E-state index in [2.05, 4.69) is 48.9 Å². The molecule has 0 saturated heterocycles. The number of ether oxygens (including phenoxy) is 1. The lowest BCUT2D eigenvalue weighted by Crippen LogP contribution is -1.98. The molecule has 5 rings (SSSR count). The molecule has 0 bridgehead atoms. The Labute approximate surface area is 181 Å². The fourth-order valence-electron chi connectivity index (χ4n) is 3.49. The minimum absolute atomic E-state index is 0.784. The molecule has 0 aliphatic carbocycles. The molecule has 2 aromatic heterocycles. The normalized spacial score (nSPS) is 10.9. The van der Waals surface area contributed by atoms with Gasteiger partial charge < -0.3 is 4.74 Å². The van der Waals surface area contributed by atoms with E-state index in [9.17, 15) is 0 Å². The van der Waals surface area contributed by atoms with Gasteiger partial charge in [0.15, 0.2) is 5.65 Å². The monoisotopic (exact) mass is 403 g/mol. The largest absolute Gasteiger partial charge is 0.457 e. The Morgan fingerprint density at radius 1 is 0.806 bits per heavy atom. The van der Waals surface area contributed by atoms with Crippen molar-refractivity contribution in [1.29, 1.82) is 0 Å². The molecule has 0 atom stereocenters. The third-order valence-electron chi connectivity index (χ3n) is 5.13. The highest BCUT2D eigenvalue weighted by Gasteiger charge is 2.12. The van der Waals surface area contributed by atoms with E-state index in [1.807, 2.05) is 65.2 Å². The molecule has 0 fully saturated rings. The van der Waals surface area contributed by atoms with E-state index < -0.39 is 0 Å². The maximum Gasteiger partial charge on any atom is 0.156 e. The number of para-hydroxylation sites is 1. The van der Waals surface area contributed by atoms with Crippen LogP contribution in [-0.4, -0.2) is 14.6 Å². The van der Waals surface area contributed by atoms with E-state index in [4.69, 9.17) is 9.72 Å². The van der Waals surface area contributed by atoms with Crippen molar-refractivity contribution in [3.8, 4) is 34.0 Å². The van der Waals surface area contributed by atoms with Crippen molar-refractivity contribution in [2.75, 3.05) is 0 Å². The molecule has 4 nitrogen and oxygen atoms in total. The lowest BCUT2D eigenvalue weighted by Gasteiger charge is -2.10. The van der Waals surface area contributed by atoms with Crippen LogP contribution >= 0.6 is 0 Å². The third kappa shape index (κ3) is 3.83. The summed E-state index contributed by atoms with van der Waals surface area (Å²) in [4.78, 5) is 4.83. The van der Waals surface area contributed by atoms with Gasteiger partial charge in [0.05, 0.1) is 17.1 Å². The molecular formula is C27H21N3O. The molecule has 2 heterocycles. The van der Waals surface area contributed by atoms with Gasteiger partial charge in [-0.1, -0.05) is 54.6 Å². The van der Waals surface area contributed by atoms with Gasteiger partial charge in [-0.15, -0.1) is 0 Å². The zero-order chi connectivity index (χ0) is 21.2. The lowest BCUT2D eigenvalue weighted by molar-refractivity contribution is 0.483. The van der Waals surface area contributed by atoms with Crippen LogP contribution in [0.1, 0.15) is 11.3 Å². The van der Waals surface area contributed by atoms with Gasteiger partial charge in [0.25, 0.3) is 0 Å². The van der Waals surface area contributed by atoms with Crippen molar-refractivity contribution in [3.63, 3.8) is 0 Å². The number of hydrogen-bond donors (Lipinski definition) is 0. The van der Waals surface area contributed by atoms with Gasteiger partial charge in [-0.2, -0.15) is 5.10 Å². The quantitative estimate of drug-likeness (QED) is 0.324. The molecule has 0 N–H and O–H groups in total. The maximum absolute atomic E-state index is 5.93. The van der Waals surface area contributed by atoms with Crippen molar-refractivity contribution >= 4 is 11.7 Å². The van der Waals surface area contributed by atoms with Gasteiger partial charge in [0.2, 0.25) is 0 Å². The summed E-state index contributed by atoms with van der Waals surface area (Å²) in [6, 6.07) is 30.2. The van der Waals surface area contributed by atoms with E-state index in [1.165, 1.54) is 5.56 Å². The smallest absolute Gasteiger partial charge is 0.156 e. The van der Waals surface area contributed by atoms with Gasteiger partial charge in [-0.25, -0.2) is 9.50 Å². The molecule has 0 radical (unpaired) electrons. The van der Waals surface area contributed by atoms with Crippen LogP contribution in [0.15, 0.2) is 97.6 Å². The van der Waals surface area contributed by atoms with Crippen LogP contribution < -0.4 is 4.74 Å². The molecule has 3 aromatic carbocycles. The van der Waals surface area contributed by atoms with Crippen LogP contribution in [0, 0.1) is 6.92 Å². The Balaban J connectivity index is 1.58. The Hall–Kier alpha value is -4.18. The SMILES string of the molecule is C=Cc1cc2nc(-c3ccc(C)cc3)cc(-c3ccc(Oc4ccccc4)cc3)n2n1. The van der Waals surface area contributed by atoms with Crippen LogP contribution in [0.3, 0.4) is 0 Å². The number of benzene rings is 3. The first kappa shape index (κ1) is 18.8. The van der Waals surface area contributed by atoms with Crippen LogP contribution in [0.25, 0.3) is 34.2 Å². The molecule has 0 unspecified atom stereocenters. The van der Waals surface area contributed by atoms with E-state index in [0.717, 1.165) is 45.4 Å². The number of aryl methyl sites for hydroxylation is 1. The second-order valence-electron chi connectivity index (χ2n) is 7.38. The van der Waals surface area contributed by atoms with Gasteiger partial charge in [0.1, 0.15) is 11.5 Å². The van der Waals surface area contributed by atoms with Crippen molar-refractivity contribution < 1.29 is 4.74 Å². The van der Waals surface area contributed by atoms with Gasteiger partial charge in [-0.3, -0.25) is 0 Å². The summed E-state index contributed by atoms with van der Waals surface area (Å²) >= 11 is 0. The summed E-state index contributed by atoms with van der Waals surface area (Å²) in [6.07, 6.45) is 1.74. The van der Waals surface area contributed by atoms with Crippen molar-refractivity contribution in [2.24, 2.45) is 0 Å². The van der Waals surface area contributed by atoms with Gasteiger partial charge in [0, 0.05) is 17.2 Å². The summed E-state index contributed by atoms with van der Waals surface area (Å²) in [7, 11) is 0. The lowest BCUT2D eigenvalue weighted by atomic mass is 10.1. The Bertz CT molecular complexity index is 1350. The summed E-state index contributed by atoms with van der Waals surface area (Å²) < 4.78 is 7.80. The fraction of sp³-hybridized carbons (Fsp3) is 0.0370. The average molecular weight is 403 g/mol. The summed E-state index contributed by atoms with van der Waals surface area (Å²) in [5.74, 6) is 1.59.